The van der Waals surface area contributed by atoms with Gasteiger partial charge in [-0.1, -0.05) is 38.1 Å². The fourth-order valence-electron chi connectivity index (χ4n) is 3.59. The van der Waals surface area contributed by atoms with Gasteiger partial charge >= 0.3 is 0 Å². The Morgan fingerprint density at radius 2 is 1.96 bits per heavy atom. The molecule has 150 valence electrons. The van der Waals surface area contributed by atoms with Crippen molar-refractivity contribution in [3.8, 4) is 0 Å². The Labute approximate surface area is 175 Å². The van der Waals surface area contributed by atoms with Crippen LogP contribution in [0.15, 0.2) is 47.1 Å². The molecule has 0 saturated heterocycles. The first-order valence-electron chi connectivity index (χ1n) is 9.96. The van der Waals surface area contributed by atoms with Crippen LogP contribution in [-0.4, -0.2) is 48.6 Å². The molecule has 1 amide bonds. The molecular weight excluding hydrogens is 418 g/mol. The fraction of sp³-hybridized carbons (Fsp3) is 0.455. The van der Waals surface area contributed by atoms with Crippen molar-refractivity contribution in [1.29, 1.82) is 0 Å². The molecule has 28 heavy (non-hydrogen) atoms. The molecule has 0 N–H and O–H groups in total. The lowest BCUT2D eigenvalue weighted by atomic mass is 9.95. The van der Waals surface area contributed by atoms with Crippen LogP contribution in [0.3, 0.4) is 0 Å². The normalized spacial score (nSPS) is 16.1. The molecule has 0 bridgehead atoms. The number of halogens is 1. The number of fused-ring (bicyclic) bond motifs is 1. The number of likely N-dealkylation sites (N-methyl/N-ethyl adjacent to an activating group) is 1. The van der Waals surface area contributed by atoms with Crippen LogP contribution >= 0.6 is 15.9 Å². The van der Waals surface area contributed by atoms with Crippen LogP contribution in [-0.2, 0) is 16.0 Å². The van der Waals surface area contributed by atoms with Gasteiger partial charge in [0.25, 0.3) is 0 Å². The van der Waals surface area contributed by atoms with Crippen LogP contribution in [0.5, 0.6) is 0 Å². The lowest BCUT2D eigenvalue weighted by Gasteiger charge is -2.29. The van der Waals surface area contributed by atoms with Crippen LogP contribution in [0.4, 0.5) is 5.82 Å². The summed E-state index contributed by atoms with van der Waals surface area (Å²) >= 11 is 3.42. The molecule has 1 aromatic carbocycles. The minimum atomic E-state index is -0.191. The zero-order valence-corrected chi connectivity index (χ0v) is 18.2. The third-order valence-electron chi connectivity index (χ3n) is 5.28. The van der Waals surface area contributed by atoms with Crippen LogP contribution in [0.25, 0.3) is 0 Å². The zero-order valence-electron chi connectivity index (χ0n) is 16.6. The number of rotatable bonds is 8. The molecule has 0 saturated carbocycles. The van der Waals surface area contributed by atoms with E-state index in [1.54, 1.807) is 11.1 Å². The predicted molar refractivity (Wildman–Crippen MR) is 116 cm³/mol. The Morgan fingerprint density at radius 1 is 1.18 bits per heavy atom. The van der Waals surface area contributed by atoms with E-state index >= 15 is 0 Å². The molecule has 0 unspecified atom stereocenters. The molecule has 3 rings (SSSR count). The molecule has 2 aromatic rings. The zero-order chi connectivity index (χ0) is 19.9. The average molecular weight is 446 g/mol. The summed E-state index contributed by atoms with van der Waals surface area (Å²) in [6.45, 7) is 8.30. The smallest absolute Gasteiger partial charge is 0.231 e. The van der Waals surface area contributed by atoms with E-state index in [1.807, 2.05) is 24.3 Å². The summed E-state index contributed by atoms with van der Waals surface area (Å²) in [5.74, 6) is 0.730. The van der Waals surface area contributed by atoms with Gasteiger partial charge in [-0.15, -0.1) is 0 Å². The van der Waals surface area contributed by atoms with E-state index in [9.17, 15) is 4.79 Å². The number of anilines is 1. The number of carbonyl (C=O) groups excluding carboxylic acids is 1. The summed E-state index contributed by atoms with van der Waals surface area (Å²) in [6, 6.07) is 12.1. The fourth-order valence-corrected chi connectivity index (χ4v) is 3.83. The molecule has 1 aliphatic heterocycles. The molecule has 6 heteroatoms. The van der Waals surface area contributed by atoms with Gasteiger partial charge in [-0.2, -0.15) is 0 Å². The molecule has 1 atom stereocenters. The SMILES string of the molecule is CCN(CC)CCN(C(=O)C[C@H]1OCCc2ccccc21)c1ccc(Br)cn1. The summed E-state index contributed by atoms with van der Waals surface area (Å²) in [5, 5.41) is 0. The van der Waals surface area contributed by atoms with E-state index in [0.29, 0.717) is 25.4 Å². The van der Waals surface area contributed by atoms with Crippen molar-refractivity contribution in [1.82, 2.24) is 9.88 Å². The number of carbonyl (C=O) groups is 1. The van der Waals surface area contributed by atoms with Gasteiger partial charge in [0.15, 0.2) is 0 Å². The summed E-state index contributed by atoms with van der Waals surface area (Å²) in [6.07, 6.45) is 2.77. The largest absolute Gasteiger partial charge is 0.373 e. The molecule has 0 radical (unpaired) electrons. The maximum absolute atomic E-state index is 13.3. The van der Waals surface area contributed by atoms with Crippen molar-refractivity contribution >= 4 is 27.7 Å². The Hall–Kier alpha value is -1.76. The van der Waals surface area contributed by atoms with Gasteiger partial charge in [0.2, 0.25) is 5.91 Å². The minimum Gasteiger partial charge on any atom is -0.373 e. The van der Waals surface area contributed by atoms with Crippen LogP contribution < -0.4 is 4.90 Å². The van der Waals surface area contributed by atoms with Gasteiger partial charge in [-0.3, -0.25) is 9.69 Å². The number of aromatic nitrogens is 1. The standard InChI is InChI=1S/C22H28BrN3O2/c1-3-25(4-2)12-13-26(21-10-9-18(23)16-24-21)22(27)15-20-19-8-6-5-7-17(19)11-14-28-20/h5-10,16,20H,3-4,11-15H2,1-2H3/t20-/m1/s1. The first-order chi connectivity index (χ1) is 13.6. The number of ether oxygens (including phenoxy) is 1. The van der Waals surface area contributed by atoms with Crippen molar-refractivity contribution in [3.63, 3.8) is 0 Å². The van der Waals surface area contributed by atoms with Crippen LogP contribution in [0.2, 0.25) is 0 Å². The van der Waals surface area contributed by atoms with Gasteiger partial charge in [-0.05, 0) is 58.7 Å². The van der Waals surface area contributed by atoms with Gasteiger partial charge in [0, 0.05) is 23.8 Å². The third kappa shape index (κ3) is 5.19. The summed E-state index contributed by atoms with van der Waals surface area (Å²) in [7, 11) is 0. The maximum Gasteiger partial charge on any atom is 0.231 e. The van der Waals surface area contributed by atoms with E-state index in [-0.39, 0.29) is 12.0 Å². The Balaban J connectivity index is 1.77. The van der Waals surface area contributed by atoms with E-state index in [4.69, 9.17) is 4.74 Å². The second-order valence-corrected chi connectivity index (χ2v) is 7.83. The highest BCUT2D eigenvalue weighted by Crippen LogP contribution is 2.30. The molecule has 0 fully saturated rings. The number of amides is 1. The highest BCUT2D eigenvalue weighted by Gasteiger charge is 2.27. The van der Waals surface area contributed by atoms with Gasteiger partial charge in [0.1, 0.15) is 5.82 Å². The number of benzene rings is 1. The lowest BCUT2D eigenvalue weighted by molar-refractivity contribution is -0.122. The van der Waals surface area contributed by atoms with Crippen molar-refractivity contribution in [2.24, 2.45) is 0 Å². The maximum atomic E-state index is 13.3. The Bertz CT molecular complexity index is 778. The summed E-state index contributed by atoms with van der Waals surface area (Å²) < 4.78 is 6.86. The highest BCUT2D eigenvalue weighted by molar-refractivity contribution is 9.10. The van der Waals surface area contributed by atoms with Gasteiger partial charge in [0.05, 0.1) is 19.1 Å². The highest BCUT2D eigenvalue weighted by atomic mass is 79.9. The molecule has 1 aromatic heterocycles. The monoisotopic (exact) mass is 445 g/mol. The van der Waals surface area contributed by atoms with Gasteiger partial charge < -0.3 is 9.64 Å². The number of pyridine rings is 1. The van der Waals surface area contributed by atoms with Crippen molar-refractivity contribution < 1.29 is 9.53 Å². The molecule has 0 aliphatic carbocycles. The van der Waals surface area contributed by atoms with E-state index in [2.05, 4.69) is 51.8 Å². The first kappa shape index (κ1) is 21.0. The number of hydrogen-bond donors (Lipinski definition) is 0. The minimum absolute atomic E-state index is 0.0451. The molecule has 1 aliphatic rings. The quantitative estimate of drug-likeness (QED) is 0.609. The van der Waals surface area contributed by atoms with E-state index in [0.717, 1.165) is 36.1 Å². The van der Waals surface area contributed by atoms with E-state index < -0.39 is 0 Å². The Morgan fingerprint density at radius 3 is 2.68 bits per heavy atom. The molecule has 2 heterocycles. The van der Waals surface area contributed by atoms with Crippen molar-refractivity contribution in [2.45, 2.75) is 32.8 Å². The predicted octanol–water partition coefficient (Wildman–Crippen LogP) is 4.22. The molecule has 0 spiro atoms. The summed E-state index contributed by atoms with van der Waals surface area (Å²) in [4.78, 5) is 21.8. The molecular formula is C22H28BrN3O2. The van der Waals surface area contributed by atoms with Crippen LogP contribution in [0, 0.1) is 0 Å². The second-order valence-electron chi connectivity index (χ2n) is 6.92. The average Bonchev–Trinajstić information content (AvgIpc) is 2.72. The topological polar surface area (TPSA) is 45.7 Å². The molecule has 5 nitrogen and oxygen atoms in total. The Kier molecular flexibility index (Phi) is 7.59. The summed E-state index contributed by atoms with van der Waals surface area (Å²) in [5.41, 5.74) is 2.41. The second kappa shape index (κ2) is 10.1. The van der Waals surface area contributed by atoms with Gasteiger partial charge in [-0.25, -0.2) is 4.98 Å². The first-order valence-corrected chi connectivity index (χ1v) is 10.7. The van der Waals surface area contributed by atoms with Crippen molar-refractivity contribution in [2.75, 3.05) is 37.7 Å². The van der Waals surface area contributed by atoms with E-state index in [1.165, 1.54) is 5.56 Å². The lowest BCUT2D eigenvalue weighted by Crippen LogP contribution is -2.40. The number of nitrogens with zero attached hydrogens (tertiary/aromatic N) is 3. The third-order valence-corrected chi connectivity index (χ3v) is 5.75. The van der Waals surface area contributed by atoms with Crippen LogP contribution in [0.1, 0.15) is 37.5 Å². The van der Waals surface area contributed by atoms with Crippen molar-refractivity contribution in [3.05, 3.63) is 58.2 Å². The number of hydrogen-bond acceptors (Lipinski definition) is 4.